The van der Waals surface area contributed by atoms with Crippen molar-refractivity contribution in [1.29, 1.82) is 0 Å². The van der Waals surface area contributed by atoms with Crippen LogP contribution in [-0.2, 0) is 14.8 Å². The van der Waals surface area contributed by atoms with Crippen LogP contribution >= 0.6 is 11.6 Å². The number of sulfonamides is 1. The van der Waals surface area contributed by atoms with Crippen LogP contribution in [0, 0.1) is 27.4 Å². The van der Waals surface area contributed by atoms with E-state index in [1.807, 2.05) is 12.1 Å². The van der Waals surface area contributed by atoms with E-state index >= 15 is 0 Å². The number of alkyl halides is 3. The lowest BCUT2D eigenvalue weighted by molar-refractivity contribution is -0.384. The summed E-state index contributed by atoms with van der Waals surface area (Å²) in [4.78, 5) is 38.7. The normalized spacial score (nSPS) is 19.5. The Balaban J connectivity index is 1.03. The van der Waals surface area contributed by atoms with Crippen LogP contribution in [0.15, 0.2) is 89.5 Å². The first-order valence-electron chi connectivity index (χ1n) is 23.1. The molecule has 0 saturated carbocycles. The molecule has 366 valence electrons. The van der Waals surface area contributed by atoms with E-state index in [1.165, 1.54) is 33.7 Å². The molecule has 2 fully saturated rings. The van der Waals surface area contributed by atoms with Crippen LogP contribution in [0.4, 0.5) is 41.6 Å². The molecule has 4 aliphatic rings. The maximum Gasteiger partial charge on any atom is 0.396 e. The molecule has 3 aliphatic heterocycles. The van der Waals surface area contributed by atoms with Gasteiger partial charge >= 0.3 is 6.18 Å². The number of nitrogens with one attached hydrogen (secondary N) is 3. The number of pyridine rings is 1. The van der Waals surface area contributed by atoms with Gasteiger partial charge in [-0.25, -0.2) is 13.1 Å². The summed E-state index contributed by atoms with van der Waals surface area (Å²) < 4.78 is 85.4. The van der Waals surface area contributed by atoms with Gasteiger partial charge in [-0.1, -0.05) is 43.2 Å². The molecule has 5 aromatic rings. The van der Waals surface area contributed by atoms with Gasteiger partial charge in [0.05, 0.1) is 21.1 Å². The molecule has 15 nitrogen and oxygen atoms in total. The van der Waals surface area contributed by atoms with Gasteiger partial charge < -0.3 is 29.6 Å². The maximum absolute atomic E-state index is 14.8. The highest BCUT2D eigenvalue weighted by Gasteiger charge is 2.44. The molecule has 1 atom stereocenters. The number of aromatic amines is 1. The molecular weight excluding hydrogens is 937 g/mol. The molecule has 0 bridgehead atoms. The van der Waals surface area contributed by atoms with Crippen molar-refractivity contribution in [2.24, 2.45) is 17.3 Å². The van der Waals surface area contributed by atoms with Crippen LogP contribution in [-0.4, -0.2) is 106 Å². The van der Waals surface area contributed by atoms with Gasteiger partial charge in [0.2, 0.25) is 5.88 Å². The van der Waals surface area contributed by atoms with Gasteiger partial charge in [0.15, 0.2) is 0 Å². The minimum Gasteiger partial charge on any atom is -0.475 e. The van der Waals surface area contributed by atoms with Gasteiger partial charge in [-0.2, -0.15) is 18.2 Å². The highest BCUT2D eigenvalue weighted by Crippen LogP contribution is 2.45. The second kappa shape index (κ2) is 19.5. The largest absolute Gasteiger partial charge is 0.475 e. The fraction of sp³-hybridized carbons (Fsp3) is 0.429. The Morgan fingerprint density at radius 3 is 2.48 bits per heavy atom. The Hall–Kier alpha value is -5.89. The van der Waals surface area contributed by atoms with Crippen LogP contribution in [0.1, 0.15) is 61.9 Å². The van der Waals surface area contributed by atoms with Crippen molar-refractivity contribution in [2.45, 2.75) is 57.0 Å². The summed E-state index contributed by atoms with van der Waals surface area (Å²) in [6.45, 7) is 7.96. The minimum atomic E-state index is -4.78. The molecule has 1 aliphatic carbocycles. The first-order chi connectivity index (χ1) is 32.9. The lowest BCUT2D eigenvalue weighted by atomic mass is 9.72. The Kier molecular flexibility index (Phi) is 13.6. The molecule has 3 N–H and O–H groups in total. The average molecular weight is 992 g/mol. The van der Waals surface area contributed by atoms with Crippen molar-refractivity contribution in [3.63, 3.8) is 0 Å². The van der Waals surface area contributed by atoms with Crippen molar-refractivity contribution >= 4 is 72.6 Å². The van der Waals surface area contributed by atoms with E-state index in [-0.39, 0.29) is 39.8 Å². The van der Waals surface area contributed by atoms with Crippen LogP contribution in [0.5, 0.6) is 5.88 Å². The molecule has 5 heterocycles. The number of hydrogen-bond donors (Lipinski definition) is 3. The third kappa shape index (κ3) is 10.8. The number of nitro benzene ring substituents is 1. The van der Waals surface area contributed by atoms with Gasteiger partial charge in [-0.05, 0) is 109 Å². The molecule has 2 saturated heterocycles. The first kappa shape index (κ1) is 48.1. The number of H-pyrrole nitrogens is 1. The number of carbonyl (C=O) groups excluding carboxylic acids is 1. The van der Waals surface area contributed by atoms with Crippen LogP contribution in [0.25, 0.3) is 16.6 Å². The zero-order chi connectivity index (χ0) is 48.7. The zero-order valence-electron chi connectivity index (χ0n) is 38.3. The number of anilines is 4. The van der Waals surface area contributed by atoms with Gasteiger partial charge in [-0.15, -0.1) is 0 Å². The molecule has 1 amide bonds. The van der Waals surface area contributed by atoms with Gasteiger partial charge in [0.1, 0.15) is 29.5 Å². The number of nitro groups is 1. The highest BCUT2D eigenvalue weighted by atomic mass is 35.5. The Bertz CT molecular complexity index is 2880. The summed E-state index contributed by atoms with van der Waals surface area (Å²) in [5.74, 6) is -3.09. The topological polar surface area (TPSA) is 175 Å². The average Bonchev–Trinajstić information content (AvgIpc) is 3.70. The number of rotatable bonds is 12. The molecule has 2 aromatic heterocycles. The monoisotopic (exact) mass is 990 g/mol. The minimum absolute atomic E-state index is 0.0125. The van der Waals surface area contributed by atoms with Crippen molar-refractivity contribution in [3.8, 4) is 5.88 Å². The van der Waals surface area contributed by atoms with E-state index in [4.69, 9.17) is 21.1 Å². The van der Waals surface area contributed by atoms with Gasteiger partial charge in [0.25, 0.3) is 21.6 Å². The first-order valence-corrected chi connectivity index (χ1v) is 25.0. The third-order valence-electron chi connectivity index (χ3n) is 13.7. The molecule has 20 heteroatoms. The second-order valence-electron chi connectivity index (χ2n) is 19.1. The van der Waals surface area contributed by atoms with Gasteiger partial charge in [-0.3, -0.25) is 19.8 Å². The lowest BCUT2D eigenvalue weighted by Gasteiger charge is -2.39. The SMILES string of the molecule is CC1(C)CCC(CN2CCN(c3ccc(C(=O)NS(=O)(=O)c4ccc(NCC5CCOCC5)c([N+](=O)[O-])c4)c(N4CC(C(F)(F)F)COc5nc6[nH]ccc6cc54)c3)CC2)=C(c2ccc(Cl)cc2)C1. The quantitative estimate of drug-likeness (QED) is 0.0799. The van der Waals surface area contributed by atoms with Crippen molar-refractivity contribution in [3.05, 3.63) is 111 Å². The van der Waals surface area contributed by atoms with E-state index in [2.05, 4.69) is 55.8 Å². The van der Waals surface area contributed by atoms with Crippen molar-refractivity contribution in [1.82, 2.24) is 19.6 Å². The van der Waals surface area contributed by atoms with E-state index in [0.717, 1.165) is 50.8 Å². The van der Waals surface area contributed by atoms with Crippen molar-refractivity contribution < 1.29 is 40.8 Å². The van der Waals surface area contributed by atoms with E-state index in [9.17, 15) is 36.5 Å². The number of benzene rings is 3. The smallest absolute Gasteiger partial charge is 0.396 e. The Morgan fingerprint density at radius 2 is 1.75 bits per heavy atom. The number of aromatic nitrogens is 2. The predicted molar refractivity (Wildman–Crippen MR) is 259 cm³/mol. The number of fused-ring (bicyclic) bond motifs is 2. The van der Waals surface area contributed by atoms with Crippen LogP contribution in [0.2, 0.25) is 5.02 Å². The maximum atomic E-state index is 14.8. The summed E-state index contributed by atoms with van der Waals surface area (Å²) in [5.41, 5.74) is 4.51. The third-order valence-corrected chi connectivity index (χ3v) is 15.3. The van der Waals surface area contributed by atoms with E-state index < -0.39 is 56.7 Å². The molecule has 3 aromatic carbocycles. The summed E-state index contributed by atoms with van der Waals surface area (Å²) in [5, 5.41) is 16.5. The molecule has 0 radical (unpaired) electrons. The summed E-state index contributed by atoms with van der Waals surface area (Å²) in [6.07, 6.45) is 1.42. The van der Waals surface area contributed by atoms with E-state index in [0.29, 0.717) is 67.7 Å². The zero-order valence-corrected chi connectivity index (χ0v) is 39.9. The molecule has 69 heavy (non-hydrogen) atoms. The van der Waals surface area contributed by atoms with Gasteiger partial charge in [0, 0.05) is 87.4 Å². The van der Waals surface area contributed by atoms with Crippen LogP contribution in [0.3, 0.4) is 0 Å². The molecular formula is C49H54ClF3N8O7S. The number of carbonyl (C=O) groups is 1. The number of hydrogen-bond acceptors (Lipinski definition) is 12. The predicted octanol–water partition coefficient (Wildman–Crippen LogP) is 9.58. The Morgan fingerprint density at radius 1 is 1.00 bits per heavy atom. The molecule has 9 rings (SSSR count). The number of ether oxygens (including phenoxy) is 2. The van der Waals surface area contributed by atoms with Crippen molar-refractivity contribution in [2.75, 3.05) is 80.8 Å². The van der Waals surface area contributed by atoms with Crippen LogP contribution < -0.4 is 24.6 Å². The molecule has 1 unspecified atom stereocenters. The number of nitrogens with zero attached hydrogens (tertiary/aromatic N) is 5. The lowest BCUT2D eigenvalue weighted by Crippen LogP contribution is -2.47. The summed E-state index contributed by atoms with van der Waals surface area (Å²) in [6, 6.07) is 19.3. The summed E-state index contributed by atoms with van der Waals surface area (Å²) in [7, 11) is -4.78. The number of halogens is 4. The fourth-order valence-corrected chi connectivity index (χ4v) is 10.8. The number of allylic oxidation sites excluding steroid dienone is 1. The standard InChI is InChI=1S/C49H54ClF3N8O7S/c1-48(2)15-11-34(40(26-48)32-3-5-36(50)6-4-32)28-58-17-19-59(20-18-58)37-7-9-39(42(24-37)60-29-35(49(51,52)53)30-68-47-44(60)23-33-12-16-54-45(33)56-47)46(62)57-69(65,66)38-8-10-41(43(25-38)61(63)64)55-27-31-13-21-67-22-14-31/h3-10,12,16,23-25,31,35,55H,11,13-15,17-22,26-30H2,1-2H3,(H,54,56)(H,57,62). The number of amides is 1. The summed E-state index contributed by atoms with van der Waals surface area (Å²) >= 11 is 6.25. The second-order valence-corrected chi connectivity index (χ2v) is 21.2. The number of piperazine rings is 1. The fourth-order valence-electron chi connectivity index (χ4n) is 9.68. The molecule has 0 spiro atoms. The highest BCUT2D eigenvalue weighted by molar-refractivity contribution is 7.90. The Labute approximate surface area is 403 Å². The van der Waals surface area contributed by atoms with E-state index in [1.54, 1.807) is 30.5 Å².